The number of hydrogen-bond acceptors (Lipinski definition) is 4. The van der Waals surface area contributed by atoms with Crippen molar-refractivity contribution in [2.24, 2.45) is 5.41 Å². The van der Waals surface area contributed by atoms with Crippen LogP contribution in [-0.2, 0) is 19.1 Å². The Bertz CT molecular complexity index is 634. The zero-order chi connectivity index (χ0) is 18.4. The van der Waals surface area contributed by atoms with Crippen LogP contribution in [0.15, 0.2) is 24.3 Å². The van der Waals surface area contributed by atoms with Crippen LogP contribution in [-0.4, -0.2) is 37.0 Å². The standard InChI is InChI=1S/C18H25N3O4/c1-12(22)20-13-6-8-14(9-7-13)21-17(24)18(2,3)16(23)19-11-15-5-4-10-25-15/h6-9,15H,4-5,10-11H2,1-3H3,(H,19,23)(H,20,22)(H,21,24). The van der Waals surface area contributed by atoms with E-state index < -0.39 is 11.3 Å². The number of rotatable bonds is 6. The summed E-state index contributed by atoms with van der Waals surface area (Å²) < 4.78 is 5.47. The largest absolute Gasteiger partial charge is 0.376 e. The van der Waals surface area contributed by atoms with Crippen LogP contribution in [0.25, 0.3) is 0 Å². The lowest BCUT2D eigenvalue weighted by molar-refractivity contribution is -0.138. The summed E-state index contributed by atoms with van der Waals surface area (Å²) in [6, 6.07) is 6.70. The molecule has 1 aromatic rings. The molecule has 1 heterocycles. The van der Waals surface area contributed by atoms with E-state index in [2.05, 4.69) is 16.0 Å². The molecule has 1 aliphatic heterocycles. The van der Waals surface area contributed by atoms with Crippen LogP contribution in [0.1, 0.15) is 33.6 Å². The zero-order valence-corrected chi connectivity index (χ0v) is 14.8. The maximum absolute atomic E-state index is 12.5. The minimum absolute atomic E-state index is 0.0316. The summed E-state index contributed by atoms with van der Waals surface area (Å²) in [4.78, 5) is 35.8. The van der Waals surface area contributed by atoms with Gasteiger partial charge < -0.3 is 20.7 Å². The topological polar surface area (TPSA) is 96.5 Å². The Labute approximate surface area is 147 Å². The molecule has 25 heavy (non-hydrogen) atoms. The van der Waals surface area contributed by atoms with E-state index in [1.54, 1.807) is 38.1 Å². The molecule has 1 unspecified atom stereocenters. The number of amides is 3. The Hall–Kier alpha value is -2.41. The normalized spacial score (nSPS) is 17.0. The van der Waals surface area contributed by atoms with Gasteiger partial charge in [0.15, 0.2) is 0 Å². The van der Waals surface area contributed by atoms with Gasteiger partial charge in [0, 0.05) is 31.5 Å². The lowest BCUT2D eigenvalue weighted by atomic mass is 9.90. The number of ether oxygens (including phenoxy) is 1. The highest BCUT2D eigenvalue weighted by atomic mass is 16.5. The van der Waals surface area contributed by atoms with Crippen molar-refractivity contribution >= 4 is 29.1 Å². The van der Waals surface area contributed by atoms with Gasteiger partial charge in [0.05, 0.1) is 6.10 Å². The smallest absolute Gasteiger partial charge is 0.239 e. The van der Waals surface area contributed by atoms with Gasteiger partial charge in [0.1, 0.15) is 5.41 Å². The Morgan fingerprint density at radius 2 is 1.68 bits per heavy atom. The Morgan fingerprint density at radius 1 is 1.08 bits per heavy atom. The third-order valence-corrected chi connectivity index (χ3v) is 4.11. The van der Waals surface area contributed by atoms with Crippen molar-refractivity contribution in [1.82, 2.24) is 5.32 Å². The summed E-state index contributed by atoms with van der Waals surface area (Å²) in [7, 11) is 0. The first-order valence-corrected chi connectivity index (χ1v) is 8.38. The minimum atomic E-state index is -1.21. The van der Waals surface area contributed by atoms with E-state index in [1.165, 1.54) is 6.92 Å². The molecule has 1 fully saturated rings. The molecule has 0 radical (unpaired) electrons. The fraction of sp³-hybridized carbons (Fsp3) is 0.500. The summed E-state index contributed by atoms with van der Waals surface area (Å²) in [6.45, 7) is 5.73. The molecule has 1 aliphatic rings. The van der Waals surface area contributed by atoms with Gasteiger partial charge in [0.2, 0.25) is 17.7 Å². The molecule has 136 valence electrons. The molecule has 7 heteroatoms. The fourth-order valence-corrected chi connectivity index (χ4v) is 2.46. The molecule has 1 aromatic carbocycles. The van der Waals surface area contributed by atoms with Crippen LogP contribution in [0.4, 0.5) is 11.4 Å². The Kier molecular flexibility index (Phi) is 6.14. The molecule has 0 bridgehead atoms. The molecule has 7 nitrogen and oxygen atoms in total. The van der Waals surface area contributed by atoms with E-state index in [9.17, 15) is 14.4 Å². The highest BCUT2D eigenvalue weighted by Crippen LogP contribution is 2.21. The number of carbonyl (C=O) groups is 3. The second-order valence-corrected chi connectivity index (χ2v) is 6.68. The summed E-state index contributed by atoms with van der Waals surface area (Å²) in [5.74, 6) is -0.902. The van der Waals surface area contributed by atoms with E-state index in [1.807, 2.05) is 0 Å². The zero-order valence-electron chi connectivity index (χ0n) is 14.8. The van der Waals surface area contributed by atoms with Crippen LogP contribution in [0.2, 0.25) is 0 Å². The predicted molar refractivity (Wildman–Crippen MR) is 95.1 cm³/mol. The highest BCUT2D eigenvalue weighted by molar-refractivity contribution is 6.09. The quantitative estimate of drug-likeness (QED) is 0.685. The molecular formula is C18H25N3O4. The first-order chi connectivity index (χ1) is 11.8. The van der Waals surface area contributed by atoms with Crippen LogP contribution in [0.3, 0.4) is 0 Å². The van der Waals surface area contributed by atoms with Crippen LogP contribution < -0.4 is 16.0 Å². The summed E-state index contributed by atoms with van der Waals surface area (Å²) in [5.41, 5.74) is -0.0206. The lowest BCUT2D eigenvalue weighted by Crippen LogP contribution is -2.47. The van der Waals surface area contributed by atoms with Crippen molar-refractivity contribution in [2.75, 3.05) is 23.8 Å². The number of hydrogen-bond donors (Lipinski definition) is 3. The van der Waals surface area contributed by atoms with Crippen molar-refractivity contribution in [3.8, 4) is 0 Å². The molecule has 1 atom stereocenters. The third-order valence-electron chi connectivity index (χ3n) is 4.11. The average molecular weight is 347 g/mol. The van der Waals surface area contributed by atoms with Crippen molar-refractivity contribution < 1.29 is 19.1 Å². The van der Waals surface area contributed by atoms with Crippen molar-refractivity contribution in [3.05, 3.63) is 24.3 Å². The number of carbonyl (C=O) groups excluding carboxylic acids is 3. The predicted octanol–water partition coefficient (Wildman–Crippen LogP) is 1.90. The van der Waals surface area contributed by atoms with Gasteiger partial charge in [-0.1, -0.05) is 0 Å². The van der Waals surface area contributed by atoms with Crippen LogP contribution in [0.5, 0.6) is 0 Å². The lowest BCUT2D eigenvalue weighted by Gasteiger charge is -2.23. The van der Waals surface area contributed by atoms with Crippen molar-refractivity contribution in [1.29, 1.82) is 0 Å². The molecule has 3 N–H and O–H groups in total. The number of anilines is 2. The van der Waals surface area contributed by atoms with Crippen LogP contribution in [0, 0.1) is 5.41 Å². The van der Waals surface area contributed by atoms with Gasteiger partial charge in [-0.3, -0.25) is 14.4 Å². The molecule has 2 rings (SSSR count). The Morgan fingerprint density at radius 3 is 2.20 bits per heavy atom. The fourth-order valence-electron chi connectivity index (χ4n) is 2.46. The second-order valence-electron chi connectivity index (χ2n) is 6.68. The summed E-state index contributed by atoms with van der Waals surface area (Å²) in [5, 5.41) is 8.17. The second kappa shape index (κ2) is 8.11. The Balaban J connectivity index is 1.90. The SMILES string of the molecule is CC(=O)Nc1ccc(NC(=O)C(C)(C)C(=O)NCC2CCCO2)cc1. The van der Waals surface area contributed by atoms with E-state index in [0.717, 1.165) is 19.4 Å². The third kappa shape index (κ3) is 5.29. The van der Waals surface area contributed by atoms with Gasteiger partial charge in [-0.05, 0) is 51.0 Å². The maximum Gasteiger partial charge on any atom is 0.239 e. The first-order valence-electron chi connectivity index (χ1n) is 8.38. The first kappa shape index (κ1) is 18.9. The highest BCUT2D eigenvalue weighted by Gasteiger charge is 2.36. The molecule has 0 spiro atoms. The monoisotopic (exact) mass is 347 g/mol. The number of benzene rings is 1. The van der Waals surface area contributed by atoms with E-state index >= 15 is 0 Å². The van der Waals surface area contributed by atoms with E-state index in [0.29, 0.717) is 17.9 Å². The number of nitrogens with one attached hydrogen (secondary N) is 3. The molecule has 0 saturated carbocycles. The summed E-state index contributed by atoms with van der Waals surface area (Å²) in [6.07, 6.45) is 1.95. The van der Waals surface area contributed by atoms with Gasteiger partial charge in [-0.25, -0.2) is 0 Å². The van der Waals surface area contributed by atoms with E-state index in [4.69, 9.17) is 4.74 Å². The molecular weight excluding hydrogens is 322 g/mol. The van der Waals surface area contributed by atoms with E-state index in [-0.39, 0.29) is 17.9 Å². The van der Waals surface area contributed by atoms with Crippen molar-refractivity contribution in [2.45, 2.75) is 39.7 Å². The maximum atomic E-state index is 12.5. The molecule has 0 aromatic heterocycles. The van der Waals surface area contributed by atoms with Gasteiger partial charge in [0.25, 0.3) is 0 Å². The molecule has 0 aliphatic carbocycles. The summed E-state index contributed by atoms with van der Waals surface area (Å²) >= 11 is 0. The minimum Gasteiger partial charge on any atom is -0.376 e. The van der Waals surface area contributed by atoms with Gasteiger partial charge >= 0.3 is 0 Å². The van der Waals surface area contributed by atoms with Crippen LogP contribution >= 0.6 is 0 Å². The van der Waals surface area contributed by atoms with Gasteiger partial charge in [-0.15, -0.1) is 0 Å². The molecule has 1 saturated heterocycles. The van der Waals surface area contributed by atoms with Crippen molar-refractivity contribution in [3.63, 3.8) is 0 Å². The molecule has 3 amide bonds. The van der Waals surface area contributed by atoms with Gasteiger partial charge in [-0.2, -0.15) is 0 Å². The average Bonchev–Trinajstić information content (AvgIpc) is 3.07.